The lowest BCUT2D eigenvalue weighted by Gasteiger charge is -2.04. The summed E-state index contributed by atoms with van der Waals surface area (Å²) in [5.41, 5.74) is 2.35. The molecule has 126 valence electrons. The fourth-order valence-electron chi connectivity index (χ4n) is 2.48. The lowest BCUT2D eigenvalue weighted by molar-refractivity contribution is 0.0690. The summed E-state index contributed by atoms with van der Waals surface area (Å²) in [6, 6.07) is 7.45. The van der Waals surface area contributed by atoms with Crippen molar-refractivity contribution in [2.24, 2.45) is 0 Å². The zero-order valence-electron chi connectivity index (χ0n) is 14.1. The van der Waals surface area contributed by atoms with Crippen molar-refractivity contribution in [3.63, 3.8) is 0 Å². The number of hydrogen-bond acceptors (Lipinski definition) is 3. The van der Waals surface area contributed by atoms with E-state index in [0.717, 1.165) is 17.7 Å². The molecule has 0 aliphatic rings. The van der Waals surface area contributed by atoms with Crippen LogP contribution in [0.15, 0.2) is 30.3 Å². The average Bonchev–Trinajstić information content (AvgIpc) is 2.86. The highest BCUT2D eigenvalue weighted by atomic mass is 16.5. The lowest BCUT2D eigenvalue weighted by Crippen LogP contribution is -2.01. The Morgan fingerprint density at radius 2 is 1.88 bits per heavy atom. The van der Waals surface area contributed by atoms with Gasteiger partial charge in [0, 0.05) is 11.3 Å². The maximum atomic E-state index is 12.4. The van der Waals surface area contributed by atoms with Crippen LogP contribution in [0, 0.1) is 13.8 Å². The van der Waals surface area contributed by atoms with Crippen LogP contribution in [-0.2, 0) is 0 Å². The predicted octanol–water partition coefficient (Wildman–Crippen LogP) is 4.01. The van der Waals surface area contributed by atoms with E-state index < -0.39 is 5.97 Å². The monoisotopic (exact) mass is 327 g/mol. The quantitative estimate of drug-likeness (QED) is 0.595. The van der Waals surface area contributed by atoms with Crippen LogP contribution in [0.3, 0.4) is 0 Å². The van der Waals surface area contributed by atoms with Gasteiger partial charge in [-0.15, -0.1) is 0 Å². The first kappa shape index (κ1) is 17.5. The number of H-pyrrole nitrogens is 1. The summed E-state index contributed by atoms with van der Waals surface area (Å²) in [4.78, 5) is 26.3. The van der Waals surface area contributed by atoms with Crippen LogP contribution in [0.4, 0.5) is 0 Å². The van der Waals surface area contributed by atoms with Gasteiger partial charge in [0.25, 0.3) is 0 Å². The van der Waals surface area contributed by atoms with E-state index in [4.69, 9.17) is 9.84 Å². The first-order chi connectivity index (χ1) is 11.4. The van der Waals surface area contributed by atoms with Gasteiger partial charge >= 0.3 is 5.97 Å². The molecular formula is C19H21NO4. The number of aryl methyl sites for hydroxylation is 1. The van der Waals surface area contributed by atoms with Crippen molar-refractivity contribution in [3.05, 3.63) is 58.4 Å². The molecule has 2 rings (SSSR count). The normalized spacial score (nSPS) is 11.0. The third-order valence-electron chi connectivity index (χ3n) is 3.68. The first-order valence-corrected chi connectivity index (χ1v) is 7.81. The van der Waals surface area contributed by atoms with E-state index in [2.05, 4.69) is 4.98 Å². The number of aromatic carboxylic acids is 1. The van der Waals surface area contributed by atoms with Crippen molar-refractivity contribution in [1.82, 2.24) is 4.98 Å². The fraction of sp³-hybridized carbons (Fsp3) is 0.263. The van der Waals surface area contributed by atoms with Crippen molar-refractivity contribution < 1.29 is 19.4 Å². The Morgan fingerprint density at radius 1 is 1.21 bits per heavy atom. The Bertz CT molecular complexity index is 769. The van der Waals surface area contributed by atoms with Gasteiger partial charge < -0.3 is 14.8 Å². The van der Waals surface area contributed by atoms with Gasteiger partial charge in [-0.25, -0.2) is 4.79 Å². The Morgan fingerprint density at radius 3 is 2.42 bits per heavy atom. The van der Waals surface area contributed by atoms with Crippen LogP contribution in [-0.4, -0.2) is 28.4 Å². The molecule has 1 aromatic heterocycles. The molecule has 0 radical (unpaired) electrons. The summed E-state index contributed by atoms with van der Waals surface area (Å²) in [7, 11) is 0. The van der Waals surface area contributed by atoms with Crippen molar-refractivity contribution in [2.75, 3.05) is 6.61 Å². The minimum atomic E-state index is -1.07. The number of carbonyl (C=O) groups is 2. The number of ether oxygens (including phenoxy) is 1. The molecule has 0 spiro atoms. The number of carboxylic acid groups (broad SMARTS) is 1. The number of benzene rings is 1. The van der Waals surface area contributed by atoms with Crippen molar-refractivity contribution in [3.8, 4) is 5.75 Å². The second-order valence-electron chi connectivity index (χ2n) is 5.55. The molecule has 24 heavy (non-hydrogen) atoms. The third kappa shape index (κ3) is 3.93. The number of rotatable bonds is 7. The van der Waals surface area contributed by atoms with Crippen LogP contribution in [0.2, 0.25) is 0 Å². The van der Waals surface area contributed by atoms with Gasteiger partial charge in [-0.05, 0) is 49.6 Å². The largest absolute Gasteiger partial charge is 0.494 e. The number of nitrogens with one attached hydrogen (secondary N) is 1. The molecule has 0 fully saturated rings. The van der Waals surface area contributed by atoms with Gasteiger partial charge in [0.05, 0.1) is 6.61 Å². The van der Waals surface area contributed by atoms with Gasteiger partial charge in [-0.3, -0.25) is 4.79 Å². The smallest absolute Gasteiger partial charge is 0.352 e. The Kier molecular flexibility index (Phi) is 5.58. The molecule has 2 N–H and O–H groups in total. The highest BCUT2D eigenvalue weighted by Crippen LogP contribution is 2.20. The van der Waals surface area contributed by atoms with E-state index in [1.54, 1.807) is 19.9 Å². The van der Waals surface area contributed by atoms with Crippen molar-refractivity contribution in [2.45, 2.75) is 27.2 Å². The average molecular weight is 327 g/mol. The number of aromatic nitrogens is 1. The van der Waals surface area contributed by atoms with Crippen LogP contribution < -0.4 is 4.74 Å². The molecule has 0 atom stereocenters. The molecule has 5 heteroatoms. The maximum Gasteiger partial charge on any atom is 0.352 e. The van der Waals surface area contributed by atoms with Crippen LogP contribution >= 0.6 is 0 Å². The molecule has 0 unspecified atom stereocenters. The molecule has 0 bridgehead atoms. The number of carboxylic acids is 1. The van der Waals surface area contributed by atoms with Crippen molar-refractivity contribution >= 4 is 17.8 Å². The van der Waals surface area contributed by atoms with Gasteiger partial charge in [0.15, 0.2) is 5.78 Å². The molecule has 0 saturated heterocycles. The van der Waals surface area contributed by atoms with Crippen LogP contribution in [0.1, 0.15) is 51.0 Å². The molecule has 0 saturated carbocycles. The maximum absolute atomic E-state index is 12.4. The fourth-order valence-corrected chi connectivity index (χ4v) is 2.48. The zero-order valence-corrected chi connectivity index (χ0v) is 14.1. The predicted molar refractivity (Wildman–Crippen MR) is 92.8 cm³/mol. The number of ketones is 1. The lowest BCUT2D eigenvalue weighted by atomic mass is 10.0. The minimum absolute atomic E-state index is 0.0571. The molecule has 1 aromatic carbocycles. The second-order valence-corrected chi connectivity index (χ2v) is 5.55. The third-order valence-corrected chi connectivity index (χ3v) is 3.68. The SMILES string of the molecule is CCCOc1ccc(/C=C/C(=O)c2c(C)[nH]c(C(=O)O)c2C)cc1. The summed E-state index contributed by atoms with van der Waals surface area (Å²) in [6.45, 7) is 6.05. The molecule has 5 nitrogen and oxygen atoms in total. The van der Waals surface area contributed by atoms with E-state index in [0.29, 0.717) is 23.4 Å². The number of carbonyl (C=O) groups excluding carboxylic acids is 1. The summed E-state index contributed by atoms with van der Waals surface area (Å²) < 4.78 is 5.51. The zero-order chi connectivity index (χ0) is 17.7. The minimum Gasteiger partial charge on any atom is -0.494 e. The molecule has 1 heterocycles. The Labute approximate surface area is 141 Å². The summed E-state index contributed by atoms with van der Waals surface area (Å²) in [5, 5.41) is 9.11. The first-order valence-electron chi connectivity index (χ1n) is 7.81. The van der Waals surface area contributed by atoms with Gasteiger partial charge in [-0.1, -0.05) is 25.1 Å². The highest BCUT2D eigenvalue weighted by molar-refractivity contribution is 6.10. The van der Waals surface area contributed by atoms with E-state index in [9.17, 15) is 9.59 Å². The second kappa shape index (κ2) is 7.64. The van der Waals surface area contributed by atoms with Gasteiger partial charge in [0.2, 0.25) is 0 Å². The van der Waals surface area contributed by atoms with Crippen LogP contribution in [0.25, 0.3) is 6.08 Å². The molecular weight excluding hydrogens is 306 g/mol. The summed E-state index contributed by atoms with van der Waals surface area (Å²) >= 11 is 0. The van der Waals surface area contributed by atoms with Crippen LogP contribution in [0.5, 0.6) is 5.75 Å². The molecule has 0 aliphatic heterocycles. The van der Waals surface area contributed by atoms with Gasteiger partial charge in [0.1, 0.15) is 11.4 Å². The van der Waals surface area contributed by atoms with E-state index in [1.165, 1.54) is 6.08 Å². The Hall–Kier alpha value is -2.82. The van der Waals surface area contributed by atoms with E-state index >= 15 is 0 Å². The van der Waals surface area contributed by atoms with E-state index in [1.807, 2.05) is 31.2 Å². The molecule has 0 aliphatic carbocycles. The summed E-state index contributed by atoms with van der Waals surface area (Å²) in [5.74, 6) is -0.495. The number of allylic oxidation sites excluding steroid dienone is 1. The van der Waals surface area contributed by atoms with Gasteiger partial charge in [-0.2, -0.15) is 0 Å². The van der Waals surface area contributed by atoms with E-state index in [-0.39, 0.29) is 11.5 Å². The summed E-state index contributed by atoms with van der Waals surface area (Å²) in [6.07, 6.45) is 4.11. The highest BCUT2D eigenvalue weighted by Gasteiger charge is 2.19. The molecule has 2 aromatic rings. The topological polar surface area (TPSA) is 79.4 Å². The van der Waals surface area contributed by atoms with Crippen molar-refractivity contribution in [1.29, 1.82) is 0 Å². The number of hydrogen-bond donors (Lipinski definition) is 2. The number of aromatic amines is 1. The molecule has 0 amide bonds. The standard InChI is InChI=1S/C19H21NO4/c1-4-11-24-15-8-5-14(6-9-15)7-10-16(21)17-12(2)18(19(22)23)20-13(17)3/h5-10,20H,4,11H2,1-3H3,(H,22,23)/b10-7+. The Balaban J connectivity index is 2.15.